The molecule has 4 aliphatic rings. The van der Waals surface area contributed by atoms with Crippen molar-refractivity contribution in [3.8, 4) is 0 Å². The number of allylic oxidation sites excluding steroid dienone is 1. The second kappa shape index (κ2) is 11.9. The number of rotatable bonds is 11. The van der Waals surface area contributed by atoms with E-state index >= 15 is 0 Å². The monoisotopic (exact) mass is 594 g/mol. The standard InChI is InChI=1S/C16H24O6.C15H22O5/c1-4-15(7-17,8-18)13(21)22-9-16-6-5-10(14(16,2)3)11(19)12(16)20;1-9-11-4-5-15(13(9)19,14(11,2)3)8-20-12(18)6-10(17)7-16/h10,17-18H,4-9H2,1-3H3;10-11,16-17H,1,4-8H2,2-3H3. The predicted octanol–water partition coefficient (Wildman–Crippen LogP) is 1.32. The quantitative estimate of drug-likeness (QED) is 0.154. The van der Waals surface area contributed by atoms with Crippen LogP contribution in [0.5, 0.6) is 0 Å². The third-order valence-electron chi connectivity index (χ3n) is 11.3. The normalized spacial score (nSPS) is 31.2. The molecule has 0 aliphatic heterocycles. The lowest BCUT2D eigenvalue weighted by Crippen LogP contribution is -2.45. The lowest BCUT2D eigenvalue weighted by molar-refractivity contribution is -0.169. The average molecular weight is 595 g/mol. The van der Waals surface area contributed by atoms with E-state index in [1.807, 2.05) is 27.7 Å². The number of carbonyl (C=O) groups excluding carboxylic acids is 5. The van der Waals surface area contributed by atoms with Crippen molar-refractivity contribution in [1.29, 1.82) is 0 Å². The number of Topliss-reactive ketones (excluding diaryl/α,β-unsaturated/α-hetero) is 3. The summed E-state index contributed by atoms with van der Waals surface area (Å²) in [4.78, 5) is 60.6. The van der Waals surface area contributed by atoms with Crippen molar-refractivity contribution in [3.63, 3.8) is 0 Å². The SMILES string of the molecule is C=C1C(=O)C2(COC(=O)CC(O)CO)CCC1C2(C)C.CCC(CO)(CO)C(=O)OCC12CCC(C(=O)C1=O)C2(C)C. The second-order valence-electron chi connectivity index (χ2n) is 13.6. The third-order valence-corrected chi connectivity index (χ3v) is 11.3. The van der Waals surface area contributed by atoms with Crippen molar-refractivity contribution in [3.05, 3.63) is 12.2 Å². The number of ether oxygens (including phenoxy) is 2. The van der Waals surface area contributed by atoms with Gasteiger partial charge in [0.2, 0.25) is 11.6 Å². The summed E-state index contributed by atoms with van der Waals surface area (Å²) in [6.07, 6.45) is 1.62. The van der Waals surface area contributed by atoms with E-state index in [0.29, 0.717) is 24.8 Å². The average Bonchev–Trinajstić information content (AvgIpc) is 3.47. The summed E-state index contributed by atoms with van der Waals surface area (Å²) in [6.45, 7) is 11.7. The molecule has 42 heavy (non-hydrogen) atoms. The molecule has 4 bridgehead atoms. The van der Waals surface area contributed by atoms with Gasteiger partial charge in [0, 0.05) is 5.92 Å². The van der Waals surface area contributed by atoms with Crippen LogP contribution in [0.15, 0.2) is 12.2 Å². The minimum Gasteiger partial charge on any atom is -0.464 e. The van der Waals surface area contributed by atoms with E-state index in [1.54, 1.807) is 6.92 Å². The van der Waals surface area contributed by atoms with Crippen LogP contribution in [0.4, 0.5) is 0 Å². The molecule has 5 unspecified atom stereocenters. The summed E-state index contributed by atoms with van der Waals surface area (Å²) in [5, 5.41) is 36.7. The van der Waals surface area contributed by atoms with Crippen molar-refractivity contribution >= 4 is 29.3 Å². The van der Waals surface area contributed by atoms with Gasteiger partial charge in [-0.25, -0.2) is 0 Å². The zero-order valence-corrected chi connectivity index (χ0v) is 25.4. The van der Waals surface area contributed by atoms with E-state index in [9.17, 15) is 39.3 Å². The molecule has 11 nitrogen and oxygen atoms in total. The van der Waals surface area contributed by atoms with Gasteiger partial charge in [0.05, 0.1) is 43.2 Å². The highest BCUT2D eigenvalue weighted by molar-refractivity contribution is 6.43. The molecule has 5 atom stereocenters. The molecule has 11 heteroatoms. The van der Waals surface area contributed by atoms with Crippen molar-refractivity contribution in [2.75, 3.05) is 33.0 Å². The molecule has 4 rings (SSSR count). The van der Waals surface area contributed by atoms with Gasteiger partial charge in [-0.1, -0.05) is 41.2 Å². The fourth-order valence-corrected chi connectivity index (χ4v) is 7.61. The predicted molar refractivity (Wildman–Crippen MR) is 149 cm³/mol. The molecule has 4 N–H and O–H groups in total. The van der Waals surface area contributed by atoms with Gasteiger partial charge in [0.15, 0.2) is 5.78 Å². The smallest absolute Gasteiger partial charge is 0.316 e. The molecule has 236 valence electrons. The third kappa shape index (κ3) is 4.96. The van der Waals surface area contributed by atoms with E-state index in [2.05, 4.69) is 6.58 Å². The first-order valence-electron chi connectivity index (χ1n) is 14.6. The molecule has 0 heterocycles. The molecule has 0 radical (unpaired) electrons. The number of ketones is 3. The molecule has 0 aromatic heterocycles. The van der Waals surface area contributed by atoms with Crippen LogP contribution in [0.25, 0.3) is 0 Å². The number of carbonyl (C=O) groups is 5. The van der Waals surface area contributed by atoms with Crippen molar-refractivity contribution in [2.24, 2.45) is 38.9 Å². The highest BCUT2D eigenvalue weighted by Gasteiger charge is 2.70. The maximum Gasteiger partial charge on any atom is 0.316 e. The highest BCUT2D eigenvalue weighted by Crippen LogP contribution is 2.65. The van der Waals surface area contributed by atoms with Crippen LogP contribution < -0.4 is 0 Å². The topological polar surface area (TPSA) is 185 Å². The van der Waals surface area contributed by atoms with Crippen LogP contribution in [0.3, 0.4) is 0 Å². The van der Waals surface area contributed by atoms with Gasteiger partial charge in [-0.2, -0.15) is 0 Å². The van der Waals surface area contributed by atoms with E-state index in [0.717, 1.165) is 6.42 Å². The Hall–Kier alpha value is -2.47. The van der Waals surface area contributed by atoms with Gasteiger partial charge in [-0.3, -0.25) is 24.0 Å². The molecule has 4 saturated carbocycles. The molecule has 0 spiro atoms. The van der Waals surface area contributed by atoms with Gasteiger partial charge in [-0.05, 0) is 54.4 Å². The maximum atomic E-state index is 12.4. The van der Waals surface area contributed by atoms with Crippen molar-refractivity contribution in [1.82, 2.24) is 0 Å². The first-order chi connectivity index (χ1) is 19.5. The van der Waals surface area contributed by atoms with E-state index in [-0.39, 0.29) is 54.9 Å². The Morgan fingerprint density at radius 2 is 1.40 bits per heavy atom. The van der Waals surface area contributed by atoms with Crippen LogP contribution in [0.1, 0.15) is 73.1 Å². The highest BCUT2D eigenvalue weighted by atomic mass is 16.5. The summed E-state index contributed by atoms with van der Waals surface area (Å²) in [5.74, 6) is -2.25. The Bertz CT molecular complexity index is 1130. The van der Waals surface area contributed by atoms with Crippen LogP contribution in [-0.2, 0) is 33.4 Å². The molecular weight excluding hydrogens is 548 g/mol. The Kier molecular flexibility index (Phi) is 9.64. The summed E-state index contributed by atoms with van der Waals surface area (Å²) < 4.78 is 10.5. The van der Waals surface area contributed by atoms with E-state index in [1.165, 1.54) is 0 Å². The Balaban J connectivity index is 0.000000231. The van der Waals surface area contributed by atoms with E-state index < -0.39 is 65.3 Å². The summed E-state index contributed by atoms with van der Waals surface area (Å²) in [5.41, 5.74) is -3.13. The Morgan fingerprint density at radius 1 is 0.905 bits per heavy atom. The largest absolute Gasteiger partial charge is 0.464 e. The Morgan fingerprint density at radius 3 is 1.83 bits per heavy atom. The molecule has 0 aromatic rings. The first-order valence-corrected chi connectivity index (χ1v) is 14.6. The fourth-order valence-electron chi connectivity index (χ4n) is 7.61. The Labute approximate surface area is 246 Å². The van der Waals surface area contributed by atoms with Crippen LogP contribution in [-0.4, -0.2) is 88.9 Å². The molecule has 4 aliphatic carbocycles. The summed E-state index contributed by atoms with van der Waals surface area (Å²) in [6, 6.07) is 0. The van der Waals surface area contributed by atoms with Crippen LogP contribution in [0.2, 0.25) is 0 Å². The zero-order valence-electron chi connectivity index (χ0n) is 25.4. The van der Waals surface area contributed by atoms with Gasteiger partial charge in [0.1, 0.15) is 18.6 Å². The molecule has 0 aromatic carbocycles. The molecule has 0 saturated heterocycles. The minimum atomic E-state index is -1.36. The van der Waals surface area contributed by atoms with Gasteiger partial charge >= 0.3 is 11.9 Å². The second-order valence-corrected chi connectivity index (χ2v) is 13.6. The van der Waals surface area contributed by atoms with Gasteiger partial charge in [0.25, 0.3) is 0 Å². The number of aliphatic hydroxyl groups is 4. The first kappa shape index (κ1) is 34.0. The number of esters is 2. The minimum absolute atomic E-state index is 0.00857. The van der Waals surface area contributed by atoms with E-state index in [4.69, 9.17) is 14.6 Å². The fraction of sp³-hybridized carbons (Fsp3) is 0.774. The lowest BCUT2D eigenvalue weighted by Gasteiger charge is -2.36. The van der Waals surface area contributed by atoms with Crippen LogP contribution in [0, 0.1) is 38.9 Å². The summed E-state index contributed by atoms with van der Waals surface area (Å²) >= 11 is 0. The zero-order chi connectivity index (χ0) is 31.9. The number of aliphatic hydroxyl groups excluding tert-OH is 4. The van der Waals surface area contributed by atoms with Crippen molar-refractivity contribution in [2.45, 2.75) is 79.2 Å². The van der Waals surface area contributed by atoms with Gasteiger partial charge in [-0.15, -0.1) is 0 Å². The number of hydrogen-bond acceptors (Lipinski definition) is 11. The number of hydrogen-bond donors (Lipinski definition) is 4. The maximum absolute atomic E-state index is 12.4. The summed E-state index contributed by atoms with van der Waals surface area (Å²) in [7, 11) is 0. The molecular formula is C31H46O11. The molecule has 4 fully saturated rings. The molecule has 0 amide bonds. The number of fused-ring (bicyclic) bond motifs is 4. The van der Waals surface area contributed by atoms with Crippen LogP contribution >= 0.6 is 0 Å². The van der Waals surface area contributed by atoms with Gasteiger partial charge < -0.3 is 29.9 Å². The van der Waals surface area contributed by atoms with Crippen molar-refractivity contribution < 1.29 is 53.9 Å². The lowest BCUT2D eigenvalue weighted by atomic mass is 9.69.